The molecular formula is C12H24N2O2. The number of amides is 1. The summed E-state index contributed by atoms with van der Waals surface area (Å²) in [6.45, 7) is 11.0. The third kappa shape index (κ3) is 8.44. The molecule has 0 aromatic rings. The first-order valence-corrected chi connectivity index (χ1v) is 5.89. The van der Waals surface area contributed by atoms with E-state index in [2.05, 4.69) is 17.2 Å². The third-order valence-electron chi connectivity index (χ3n) is 2.16. The fraction of sp³-hybridized carbons (Fsp3) is 0.750. The summed E-state index contributed by atoms with van der Waals surface area (Å²) in [4.78, 5) is 11.5. The molecular weight excluding hydrogens is 204 g/mol. The molecule has 94 valence electrons. The molecule has 4 nitrogen and oxygen atoms in total. The summed E-state index contributed by atoms with van der Waals surface area (Å²) >= 11 is 0. The van der Waals surface area contributed by atoms with Crippen molar-refractivity contribution < 1.29 is 9.53 Å². The van der Waals surface area contributed by atoms with Crippen LogP contribution >= 0.6 is 0 Å². The number of nitrogens with one attached hydrogen (secondary N) is 2. The second kappa shape index (κ2) is 10.6. The molecule has 4 heteroatoms. The first-order valence-electron chi connectivity index (χ1n) is 5.89. The Hall–Kier alpha value is -0.870. The van der Waals surface area contributed by atoms with Gasteiger partial charge in [-0.25, -0.2) is 0 Å². The number of hydrogen-bond acceptors (Lipinski definition) is 3. The minimum Gasteiger partial charge on any atom is -0.379 e. The van der Waals surface area contributed by atoms with Crippen molar-refractivity contribution >= 4 is 5.91 Å². The third-order valence-corrected chi connectivity index (χ3v) is 2.16. The minimum atomic E-state index is 0.00752. The Morgan fingerprint density at radius 1 is 1.50 bits per heavy atom. The van der Waals surface area contributed by atoms with E-state index < -0.39 is 0 Å². The van der Waals surface area contributed by atoms with Crippen LogP contribution in [0.5, 0.6) is 0 Å². The maximum absolute atomic E-state index is 11.5. The van der Waals surface area contributed by atoms with Gasteiger partial charge in [-0.2, -0.15) is 0 Å². The van der Waals surface area contributed by atoms with Crippen LogP contribution in [0.4, 0.5) is 0 Å². The van der Waals surface area contributed by atoms with E-state index in [9.17, 15) is 4.79 Å². The van der Waals surface area contributed by atoms with Crippen molar-refractivity contribution in [3.05, 3.63) is 12.7 Å². The van der Waals surface area contributed by atoms with Crippen LogP contribution in [-0.2, 0) is 9.53 Å². The zero-order valence-electron chi connectivity index (χ0n) is 10.4. The zero-order chi connectivity index (χ0) is 12.2. The van der Waals surface area contributed by atoms with Crippen LogP contribution in [0.3, 0.4) is 0 Å². The predicted molar refractivity (Wildman–Crippen MR) is 66.4 cm³/mol. The van der Waals surface area contributed by atoms with Crippen LogP contribution in [0.25, 0.3) is 0 Å². The monoisotopic (exact) mass is 228 g/mol. The van der Waals surface area contributed by atoms with E-state index in [0.29, 0.717) is 19.8 Å². The summed E-state index contributed by atoms with van der Waals surface area (Å²) in [6.07, 6.45) is 2.67. The van der Waals surface area contributed by atoms with Crippen LogP contribution in [0.1, 0.15) is 20.3 Å². The lowest BCUT2D eigenvalue weighted by Crippen LogP contribution is -2.36. The molecule has 0 radical (unpaired) electrons. The largest absolute Gasteiger partial charge is 0.379 e. The van der Waals surface area contributed by atoms with Crippen molar-refractivity contribution in [3.8, 4) is 0 Å². The van der Waals surface area contributed by atoms with Gasteiger partial charge in [0.05, 0.1) is 13.2 Å². The fourth-order valence-electron chi connectivity index (χ4n) is 1.14. The second-order valence-electron chi connectivity index (χ2n) is 3.69. The van der Waals surface area contributed by atoms with Crippen molar-refractivity contribution in [1.29, 1.82) is 0 Å². The maximum Gasteiger partial charge on any atom is 0.224 e. The second-order valence-corrected chi connectivity index (χ2v) is 3.69. The van der Waals surface area contributed by atoms with E-state index in [-0.39, 0.29) is 11.8 Å². The van der Waals surface area contributed by atoms with Crippen LogP contribution in [-0.4, -0.2) is 38.8 Å². The Morgan fingerprint density at radius 3 is 2.88 bits per heavy atom. The summed E-state index contributed by atoms with van der Waals surface area (Å²) in [6, 6.07) is 0. The maximum atomic E-state index is 11.5. The number of rotatable bonds is 10. The highest BCUT2D eigenvalue weighted by molar-refractivity contribution is 5.78. The van der Waals surface area contributed by atoms with Gasteiger partial charge in [-0.1, -0.05) is 19.9 Å². The van der Waals surface area contributed by atoms with E-state index in [1.807, 2.05) is 19.9 Å². The van der Waals surface area contributed by atoms with Gasteiger partial charge in [-0.05, 0) is 13.0 Å². The SMILES string of the molecule is C=CCCOCCNC(=O)C(C)CNCC. The number of carbonyl (C=O) groups is 1. The van der Waals surface area contributed by atoms with E-state index in [0.717, 1.165) is 19.5 Å². The van der Waals surface area contributed by atoms with Crippen molar-refractivity contribution in [2.45, 2.75) is 20.3 Å². The van der Waals surface area contributed by atoms with Crippen molar-refractivity contribution in [3.63, 3.8) is 0 Å². The van der Waals surface area contributed by atoms with E-state index in [1.165, 1.54) is 0 Å². The summed E-state index contributed by atoms with van der Waals surface area (Å²) in [5.41, 5.74) is 0. The normalized spacial score (nSPS) is 12.1. The molecule has 0 aromatic carbocycles. The lowest BCUT2D eigenvalue weighted by molar-refractivity contribution is -0.124. The molecule has 1 amide bonds. The fourth-order valence-corrected chi connectivity index (χ4v) is 1.14. The van der Waals surface area contributed by atoms with E-state index >= 15 is 0 Å². The molecule has 0 rings (SSSR count). The van der Waals surface area contributed by atoms with Gasteiger partial charge in [0.1, 0.15) is 0 Å². The molecule has 0 aliphatic carbocycles. The Bertz CT molecular complexity index is 195. The minimum absolute atomic E-state index is 0.00752. The Morgan fingerprint density at radius 2 is 2.25 bits per heavy atom. The van der Waals surface area contributed by atoms with Gasteiger partial charge in [-0.3, -0.25) is 4.79 Å². The average Bonchev–Trinajstić information content (AvgIpc) is 2.30. The molecule has 0 fully saturated rings. The molecule has 0 spiro atoms. The predicted octanol–water partition coefficient (Wildman–Crippen LogP) is 0.941. The van der Waals surface area contributed by atoms with Crippen molar-refractivity contribution in [2.75, 3.05) is 32.8 Å². The molecule has 1 atom stereocenters. The summed E-state index contributed by atoms with van der Waals surface area (Å²) < 4.78 is 5.28. The zero-order valence-corrected chi connectivity index (χ0v) is 10.4. The van der Waals surface area contributed by atoms with Crippen LogP contribution in [0.15, 0.2) is 12.7 Å². The highest BCUT2D eigenvalue weighted by Gasteiger charge is 2.10. The molecule has 0 bridgehead atoms. The first kappa shape index (κ1) is 15.1. The quantitative estimate of drug-likeness (QED) is 0.432. The van der Waals surface area contributed by atoms with Gasteiger partial charge in [0.25, 0.3) is 0 Å². The summed E-state index contributed by atoms with van der Waals surface area (Å²) in [5, 5.41) is 5.98. The van der Waals surface area contributed by atoms with Gasteiger partial charge in [-0.15, -0.1) is 6.58 Å². The van der Waals surface area contributed by atoms with Crippen molar-refractivity contribution in [2.24, 2.45) is 5.92 Å². The molecule has 1 unspecified atom stereocenters. The Kier molecular flexibility index (Phi) is 10.1. The van der Waals surface area contributed by atoms with Gasteiger partial charge in [0.2, 0.25) is 5.91 Å². The molecule has 0 aliphatic heterocycles. The lowest BCUT2D eigenvalue weighted by atomic mass is 10.1. The van der Waals surface area contributed by atoms with Gasteiger partial charge < -0.3 is 15.4 Å². The van der Waals surface area contributed by atoms with Gasteiger partial charge >= 0.3 is 0 Å². The molecule has 0 aliphatic rings. The molecule has 16 heavy (non-hydrogen) atoms. The average molecular weight is 228 g/mol. The molecule has 0 heterocycles. The lowest BCUT2D eigenvalue weighted by Gasteiger charge is -2.12. The Labute approximate surface area is 98.4 Å². The van der Waals surface area contributed by atoms with E-state index in [4.69, 9.17) is 4.74 Å². The van der Waals surface area contributed by atoms with Crippen LogP contribution in [0, 0.1) is 5.92 Å². The molecule has 0 saturated carbocycles. The topological polar surface area (TPSA) is 50.4 Å². The standard InChI is InChI=1S/C12H24N2O2/c1-4-6-8-16-9-7-14-12(15)11(3)10-13-5-2/h4,11,13H,1,5-10H2,2-3H3,(H,14,15). The van der Waals surface area contributed by atoms with Crippen molar-refractivity contribution in [1.82, 2.24) is 10.6 Å². The first-order chi connectivity index (χ1) is 7.72. The van der Waals surface area contributed by atoms with Crippen LogP contribution in [0.2, 0.25) is 0 Å². The van der Waals surface area contributed by atoms with Gasteiger partial charge in [0.15, 0.2) is 0 Å². The Balaban J connectivity index is 3.38. The number of ether oxygens (including phenoxy) is 1. The number of carbonyl (C=O) groups excluding carboxylic acids is 1. The number of hydrogen-bond donors (Lipinski definition) is 2. The smallest absolute Gasteiger partial charge is 0.224 e. The van der Waals surface area contributed by atoms with Gasteiger partial charge in [0, 0.05) is 19.0 Å². The highest BCUT2D eigenvalue weighted by atomic mass is 16.5. The molecule has 0 aromatic heterocycles. The van der Waals surface area contributed by atoms with Crippen LogP contribution < -0.4 is 10.6 Å². The summed E-state index contributed by atoms with van der Waals surface area (Å²) in [7, 11) is 0. The summed E-state index contributed by atoms with van der Waals surface area (Å²) in [5.74, 6) is 0.0846. The molecule has 0 saturated heterocycles. The highest BCUT2D eigenvalue weighted by Crippen LogP contribution is 1.91. The molecule has 2 N–H and O–H groups in total. The van der Waals surface area contributed by atoms with E-state index in [1.54, 1.807) is 0 Å².